The number of halogens is 2. The number of hydrogen-bond donors (Lipinski definition) is 1. The molecular formula is C32H29ClFN3O5S. The number of benzene rings is 4. The molecule has 0 aromatic heterocycles. The lowest BCUT2D eigenvalue weighted by Gasteiger charge is -2.35. The lowest BCUT2D eigenvalue weighted by molar-refractivity contribution is -0.128. The third-order valence-corrected chi connectivity index (χ3v) is 9.20. The number of sulfonamides is 1. The number of amides is 2. The van der Waals surface area contributed by atoms with Crippen molar-refractivity contribution in [3.63, 3.8) is 0 Å². The molecule has 0 bridgehead atoms. The van der Waals surface area contributed by atoms with E-state index in [1.807, 2.05) is 37.3 Å². The second kappa shape index (κ2) is 12.9. The Bertz CT molecular complexity index is 1720. The van der Waals surface area contributed by atoms with Crippen LogP contribution in [0.5, 0.6) is 5.75 Å². The molecule has 1 atom stereocenters. The summed E-state index contributed by atoms with van der Waals surface area (Å²) >= 11 is 6.25. The highest BCUT2D eigenvalue weighted by atomic mass is 35.5. The fourth-order valence-electron chi connectivity index (χ4n) is 4.69. The van der Waals surface area contributed by atoms with Gasteiger partial charge in [-0.3, -0.25) is 9.59 Å². The minimum absolute atomic E-state index is 0.0309. The summed E-state index contributed by atoms with van der Waals surface area (Å²) in [6.07, 6.45) is -1.05. The van der Waals surface area contributed by atoms with E-state index < -0.39 is 46.8 Å². The molecule has 1 heterocycles. The first kappa shape index (κ1) is 30.2. The zero-order valence-corrected chi connectivity index (χ0v) is 24.8. The van der Waals surface area contributed by atoms with Gasteiger partial charge in [-0.1, -0.05) is 77.8 Å². The second-order valence-corrected chi connectivity index (χ2v) is 12.4. The van der Waals surface area contributed by atoms with E-state index in [0.717, 1.165) is 15.4 Å². The van der Waals surface area contributed by atoms with Gasteiger partial charge in [0.25, 0.3) is 5.91 Å². The Balaban J connectivity index is 1.43. The number of anilines is 1. The van der Waals surface area contributed by atoms with Crippen molar-refractivity contribution in [3.05, 3.63) is 125 Å². The van der Waals surface area contributed by atoms with Crippen LogP contribution in [-0.4, -0.2) is 43.7 Å². The van der Waals surface area contributed by atoms with Crippen molar-refractivity contribution < 1.29 is 27.1 Å². The molecule has 1 aliphatic rings. The number of nitrogens with zero attached hydrogens (tertiary/aromatic N) is 2. The van der Waals surface area contributed by atoms with Gasteiger partial charge in [-0.2, -0.15) is 4.31 Å². The van der Waals surface area contributed by atoms with Crippen molar-refractivity contribution in [1.82, 2.24) is 9.62 Å². The third kappa shape index (κ3) is 6.88. The van der Waals surface area contributed by atoms with Gasteiger partial charge in [0.05, 0.1) is 23.7 Å². The summed E-state index contributed by atoms with van der Waals surface area (Å²) in [6, 6.07) is 26.2. The summed E-state index contributed by atoms with van der Waals surface area (Å²) < 4.78 is 49.3. The summed E-state index contributed by atoms with van der Waals surface area (Å²) in [5.41, 5.74) is 2.06. The van der Waals surface area contributed by atoms with E-state index in [0.29, 0.717) is 11.4 Å². The van der Waals surface area contributed by atoms with E-state index in [2.05, 4.69) is 5.32 Å². The van der Waals surface area contributed by atoms with Gasteiger partial charge >= 0.3 is 0 Å². The maximum Gasteiger partial charge on any atom is 0.263 e. The molecule has 0 fully saturated rings. The van der Waals surface area contributed by atoms with Gasteiger partial charge in [0.2, 0.25) is 15.9 Å². The SMILES string of the molecule is Cc1ccc(S(=O)(=O)N(CC(=O)N2C[C@H](C(=O)NCc3ccccc3)Oc3ccccc32)Cc2c(F)cccc2Cl)cc1. The Labute approximate surface area is 254 Å². The largest absolute Gasteiger partial charge is 0.477 e. The average Bonchev–Trinajstić information content (AvgIpc) is 3.01. The number of nitrogens with one attached hydrogen (secondary N) is 1. The van der Waals surface area contributed by atoms with Gasteiger partial charge in [0, 0.05) is 23.7 Å². The Morgan fingerprint density at radius 1 is 0.977 bits per heavy atom. The molecule has 0 unspecified atom stereocenters. The first-order valence-electron chi connectivity index (χ1n) is 13.5. The van der Waals surface area contributed by atoms with Crippen LogP contribution in [0.4, 0.5) is 10.1 Å². The van der Waals surface area contributed by atoms with E-state index in [-0.39, 0.29) is 28.6 Å². The Morgan fingerprint density at radius 2 is 1.67 bits per heavy atom. The monoisotopic (exact) mass is 621 g/mol. The quantitative estimate of drug-likeness (QED) is 0.281. The number of rotatable bonds is 9. The summed E-state index contributed by atoms with van der Waals surface area (Å²) in [4.78, 5) is 28.3. The van der Waals surface area contributed by atoms with Gasteiger partial charge in [0.15, 0.2) is 6.10 Å². The van der Waals surface area contributed by atoms with E-state index in [9.17, 15) is 22.4 Å². The normalized spacial score (nSPS) is 14.6. The van der Waals surface area contributed by atoms with E-state index in [1.54, 1.807) is 36.4 Å². The van der Waals surface area contributed by atoms with E-state index >= 15 is 0 Å². The van der Waals surface area contributed by atoms with Gasteiger partial charge in [-0.05, 0) is 48.9 Å². The smallest absolute Gasteiger partial charge is 0.263 e. The minimum Gasteiger partial charge on any atom is -0.477 e. The molecule has 11 heteroatoms. The van der Waals surface area contributed by atoms with Gasteiger partial charge < -0.3 is 15.0 Å². The molecule has 1 N–H and O–H groups in total. The Kier molecular flexibility index (Phi) is 9.10. The van der Waals surface area contributed by atoms with Crippen LogP contribution in [0.3, 0.4) is 0 Å². The number of ether oxygens (including phenoxy) is 1. The summed E-state index contributed by atoms with van der Waals surface area (Å²) in [5, 5.41) is 2.86. The van der Waals surface area contributed by atoms with Crippen molar-refractivity contribution >= 4 is 39.1 Å². The van der Waals surface area contributed by atoms with Crippen molar-refractivity contribution in [1.29, 1.82) is 0 Å². The summed E-state index contributed by atoms with van der Waals surface area (Å²) in [6.45, 7) is 0.795. The van der Waals surface area contributed by atoms with Crippen LogP contribution in [0.2, 0.25) is 5.02 Å². The molecule has 0 saturated carbocycles. The fourth-order valence-corrected chi connectivity index (χ4v) is 6.27. The van der Waals surface area contributed by atoms with Gasteiger partial charge in [-0.15, -0.1) is 0 Å². The molecule has 222 valence electrons. The zero-order valence-electron chi connectivity index (χ0n) is 23.2. The molecule has 8 nitrogen and oxygen atoms in total. The van der Waals surface area contributed by atoms with Crippen LogP contribution in [-0.2, 0) is 32.7 Å². The maximum atomic E-state index is 14.8. The molecule has 0 saturated heterocycles. The number of para-hydroxylation sites is 2. The molecule has 4 aromatic rings. The predicted octanol–water partition coefficient (Wildman–Crippen LogP) is 5.09. The zero-order chi connectivity index (χ0) is 30.6. The average molecular weight is 622 g/mol. The van der Waals surface area contributed by atoms with Gasteiger partial charge in [0.1, 0.15) is 11.6 Å². The van der Waals surface area contributed by atoms with Crippen LogP contribution < -0.4 is 15.0 Å². The van der Waals surface area contributed by atoms with Crippen LogP contribution in [0.1, 0.15) is 16.7 Å². The lowest BCUT2D eigenvalue weighted by atomic mass is 10.1. The van der Waals surface area contributed by atoms with Crippen molar-refractivity contribution in [3.8, 4) is 5.75 Å². The number of aryl methyl sites for hydroxylation is 1. The molecule has 4 aromatic carbocycles. The lowest BCUT2D eigenvalue weighted by Crippen LogP contribution is -2.52. The summed E-state index contributed by atoms with van der Waals surface area (Å²) in [5.74, 6) is -1.46. The minimum atomic E-state index is -4.28. The summed E-state index contributed by atoms with van der Waals surface area (Å²) in [7, 11) is -4.28. The van der Waals surface area contributed by atoms with Crippen LogP contribution >= 0.6 is 11.6 Å². The second-order valence-electron chi connectivity index (χ2n) is 10.1. The highest BCUT2D eigenvalue weighted by Crippen LogP contribution is 2.34. The topological polar surface area (TPSA) is 96.0 Å². The molecule has 0 aliphatic carbocycles. The Hall–Kier alpha value is -4.25. The Morgan fingerprint density at radius 3 is 2.40 bits per heavy atom. The number of carbonyl (C=O) groups is 2. The molecule has 1 aliphatic heterocycles. The van der Waals surface area contributed by atoms with Gasteiger partial charge in [-0.25, -0.2) is 12.8 Å². The first-order chi connectivity index (χ1) is 20.6. The van der Waals surface area contributed by atoms with Crippen LogP contribution in [0, 0.1) is 12.7 Å². The van der Waals surface area contributed by atoms with Crippen LogP contribution in [0.25, 0.3) is 0 Å². The fraction of sp³-hybridized carbons (Fsp3) is 0.188. The van der Waals surface area contributed by atoms with Crippen LogP contribution in [0.15, 0.2) is 102 Å². The maximum absolute atomic E-state index is 14.8. The van der Waals surface area contributed by atoms with E-state index in [4.69, 9.17) is 16.3 Å². The van der Waals surface area contributed by atoms with Crippen molar-refractivity contribution in [2.45, 2.75) is 31.0 Å². The molecule has 2 amide bonds. The standard InChI is InChI=1S/C32H29ClFN3O5S/c1-22-14-16-24(17-15-22)43(40,41)36(19-25-26(33)10-7-11-27(25)34)21-31(38)37-20-30(42-29-13-6-5-12-28(29)37)32(39)35-18-23-8-3-2-4-9-23/h2-17,30H,18-21H2,1H3,(H,35,39)/t30-/m1/s1. The number of hydrogen-bond acceptors (Lipinski definition) is 5. The third-order valence-electron chi connectivity index (χ3n) is 7.04. The molecular weight excluding hydrogens is 593 g/mol. The molecule has 0 radical (unpaired) electrons. The molecule has 43 heavy (non-hydrogen) atoms. The molecule has 0 spiro atoms. The number of fused-ring (bicyclic) bond motifs is 1. The van der Waals surface area contributed by atoms with E-state index in [1.165, 1.54) is 35.2 Å². The highest BCUT2D eigenvalue weighted by molar-refractivity contribution is 7.89. The first-order valence-corrected chi connectivity index (χ1v) is 15.3. The molecule has 5 rings (SSSR count). The number of carbonyl (C=O) groups excluding carboxylic acids is 2. The predicted molar refractivity (Wildman–Crippen MR) is 162 cm³/mol. The highest BCUT2D eigenvalue weighted by Gasteiger charge is 2.36. The van der Waals surface area contributed by atoms with Crippen molar-refractivity contribution in [2.75, 3.05) is 18.0 Å². The van der Waals surface area contributed by atoms with Crippen molar-refractivity contribution in [2.24, 2.45) is 0 Å².